The summed E-state index contributed by atoms with van der Waals surface area (Å²) < 4.78 is 13.6. The maximum atomic E-state index is 13.6. The standard InChI is InChI=1S/C15H16FN3O2/c1-18(2)15-6-4-3-5-13(15)17-10-11-7-8-14(19(20)21)12(16)9-11/h3-9,17H,10H2,1-2H3. The summed E-state index contributed by atoms with van der Waals surface area (Å²) in [5.41, 5.74) is 2.07. The molecule has 0 aliphatic heterocycles. The third-order valence-electron chi connectivity index (χ3n) is 3.08. The Labute approximate surface area is 122 Å². The second-order valence-corrected chi connectivity index (χ2v) is 4.81. The van der Waals surface area contributed by atoms with Crippen LogP contribution in [0.25, 0.3) is 0 Å². The van der Waals surface area contributed by atoms with Crippen molar-refractivity contribution in [2.45, 2.75) is 6.54 Å². The molecule has 0 amide bonds. The lowest BCUT2D eigenvalue weighted by molar-refractivity contribution is -0.387. The van der Waals surface area contributed by atoms with Crippen molar-refractivity contribution in [2.75, 3.05) is 24.3 Å². The van der Waals surface area contributed by atoms with E-state index < -0.39 is 16.4 Å². The van der Waals surface area contributed by atoms with Crippen molar-refractivity contribution in [3.05, 3.63) is 64.0 Å². The number of hydrogen-bond donors (Lipinski definition) is 1. The van der Waals surface area contributed by atoms with Crippen molar-refractivity contribution < 1.29 is 9.31 Å². The van der Waals surface area contributed by atoms with E-state index in [-0.39, 0.29) is 0 Å². The number of nitrogens with zero attached hydrogens (tertiary/aromatic N) is 2. The summed E-state index contributed by atoms with van der Waals surface area (Å²) >= 11 is 0. The number of nitro benzene ring substituents is 1. The van der Waals surface area contributed by atoms with Crippen LogP contribution in [0.3, 0.4) is 0 Å². The van der Waals surface area contributed by atoms with E-state index in [1.54, 1.807) is 6.07 Å². The van der Waals surface area contributed by atoms with Crippen LogP contribution in [0.5, 0.6) is 0 Å². The van der Waals surface area contributed by atoms with Crippen molar-refractivity contribution >= 4 is 17.1 Å². The molecule has 5 nitrogen and oxygen atoms in total. The maximum Gasteiger partial charge on any atom is 0.304 e. The molecule has 0 atom stereocenters. The van der Waals surface area contributed by atoms with Crippen LogP contribution < -0.4 is 10.2 Å². The first-order valence-electron chi connectivity index (χ1n) is 6.42. The van der Waals surface area contributed by atoms with Crippen LogP contribution in [0.15, 0.2) is 42.5 Å². The van der Waals surface area contributed by atoms with E-state index in [1.165, 1.54) is 12.1 Å². The highest BCUT2D eigenvalue weighted by atomic mass is 19.1. The monoisotopic (exact) mass is 289 g/mol. The number of anilines is 2. The first-order valence-corrected chi connectivity index (χ1v) is 6.42. The highest BCUT2D eigenvalue weighted by molar-refractivity contribution is 5.69. The fourth-order valence-electron chi connectivity index (χ4n) is 2.02. The van der Waals surface area contributed by atoms with E-state index in [9.17, 15) is 14.5 Å². The summed E-state index contributed by atoms with van der Waals surface area (Å²) in [7, 11) is 3.87. The molecule has 2 aromatic rings. The fourth-order valence-corrected chi connectivity index (χ4v) is 2.02. The minimum absolute atomic E-state index is 0.389. The van der Waals surface area contributed by atoms with Gasteiger partial charge in [0, 0.05) is 26.7 Å². The molecule has 0 radical (unpaired) electrons. The quantitative estimate of drug-likeness (QED) is 0.677. The lowest BCUT2D eigenvalue weighted by Crippen LogP contribution is -2.12. The van der Waals surface area contributed by atoms with Crippen molar-refractivity contribution in [1.82, 2.24) is 0 Å². The maximum absolute atomic E-state index is 13.6. The minimum Gasteiger partial charge on any atom is -0.379 e. The first kappa shape index (κ1) is 14.8. The van der Waals surface area contributed by atoms with E-state index in [0.717, 1.165) is 11.4 Å². The second kappa shape index (κ2) is 6.21. The van der Waals surface area contributed by atoms with Gasteiger partial charge in [0.05, 0.1) is 16.3 Å². The van der Waals surface area contributed by atoms with Gasteiger partial charge in [0.25, 0.3) is 0 Å². The molecule has 1 N–H and O–H groups in total. The molecular weight excluding hydrogens is 273 g/mol. The molecule has 0 aliphatic rings. The number of halogens is 1. The highest BCUT2D eigenvalue weighted by Crippen LogP contribution is 2.24. The van der Waals surface area contributed by atoms with Gasteiger partial charge in [0.1, 0.15) is 0 Å². The Kier molecular flexibility index (Phi) is 4.37. The largest absolute Gasteiger partial charge is 0.379 e. The normalized spacial score (nSPS) is 10.2. The molecule has 0 aliphatic carbocycles. The molecule has 0 unspecified atom stereocenters. The third kappa shape index (κ3) is 3.47. The predicted octanol–water partition coefficient (Wildman–Crippen LogP) is 3.41. The molecule has 0 fully saturated rings. The van der Waals surface area contributed by atoms with Crippen LogP contribution in [-0.2, 0) is 6.54 Å². The van der Waals surface area contributed by atoms with Crippen LogP contribution in [-0.4, -0.2) is 19.0 Å². The Bertz CT molecular complexity index is 659. The molecule has 0 saturated heterocycles. The van der Waals surface area contributed by atoms with Gasteiger partial charge in [-0.2, -0.15) is 4.39 Å². The first-order chi connectivity index (χ1) is 9.99. The summed E-state index contributed by atoms with van der Waals surface area (Å²) in [6, 6.07) is 11.7. The van der Waals surface area contributed by atoms with Crippen molar-refractivity contribution in [3.8, 4) is 0 Å². The van der Waals surface area contributed by atoms with Crippen LogP contribution in [0, 0.1) is 15.9 Å². The number of nitrogens with one attached hydrogen (secondary N) is 1. The zero-order valence-electron chi connectivity index (χ0n) is 11.8. The van der Waals surface area contributed by atoms with Crippen molar-refractivity contribution in [3.63, 3.8) is 0 Å². The van der Waals surface area contributed by atoms with Gasteiger partial charge in [0.15, 0.2) is 0 Å². The van der Waals surface area contributed by atoms with Gasteiger partial charge >= 0.3 is 5.69 Å². The number of hydrogen-bond acceptors (Lipinski definition) is 4. The van der Waals surface area contributed by atoms with Gasteiger partial charge in [-0.05, 0) is 23.8 Å². The van der Waals surface area contributed by atoms with E-state index in [1.807, 2.05) is 43.3 Å². The SMILES string of the molecule is CN(C)c1ccccc1NCc1ccc([N+](=O)[O-])c(F)c1. The average Bonchev–Trinajstić information content (AvgIpc) is 2.45. The Balaban J connectivity index is 2.14. The highest BCUT2D eigenvalue weighted by Gasteiger charge is 2.13. The molecular formula is C15H16FN3O2. The third-order valence-corrected chi connectivity index (χ3v) is 3.08. The molecule has 110 valence electrons. The van der Waals surface area contributed by atoms with E-state index in [2.05, 4.69) is 5.32 Å². The summed E-state index contributed by atoms with van der Waals surface area (Å²) in [6.07, 6.45) is 0. The number of rotatable bonds is 5. The Morgan fingerprint density at radius 2 is 1.95 bits per heavy atom. The molecule has 0 heterocycles. The number of benzene rings is 2. The summed E-state index contributed by atoms with van der Waals surface area (Å²) in [4.78, 5) is 11.8. The van der Waals surface area contributed by atoms with Gasteiger partial charge < -0.3 is 10.2 Å². The fraction of sp³-hybridized carbons (Fsp3) is 0.200. The smallest absolute Gasteiger partial charge is 0.304 e. The lowest BCUT2D eigenvalue weighted by Gasteiger charge is -2.18. The molecule has 0 bridgehead atoms. The van der Waals surface area contributed by atoms with Crippen molar-refractivity contribution in [2.24, 2.45) is 0 Å². The van der Waals surface area contributed by atoms with E-state index >= 15 is 0 Å². The minimum atomic E-state index is -0.819. The zero-order valence-corrected chi connectivity index (χ0v) is 11.8. The predicted molar refractivity (Wildman–Crippen MR) is 81.2 cm³/mol. The summed E-state index contributed by atoms with van der Waals surface area (Å²) in [5.74, 6) is -0.819. The molecule has 0 saturated carbocycles. The molecule has 21 heavy (non-hydrogen) atoms. The summed E-state index contributed by atoms with van der Waals surface area (Å²) in [5, 5.41) is 13.8. The topological polar surface area (TPSA) is 58.4 Å². The Morgan fingerprint density at radius 1 is 1.24 bits per heavy atom. The molecule has 0 aromatic heterocycles. The Morgan fingerprint density at radius 3 is 2.57 bits per heavy atom. The summed E-state index contributed by atoms with van der Waals surface area (Å²) in [6.45, 7) is 0.389. The van der Waals surface area contributed by atoms with Gasteiger partial charge in [-0.15, -0.1) is 0 Å². The van der Waals surface area contributed by atoms with E-state index in [4.69, 9.17) is 0 Å². The van der Waals surface area contributed by atoms with Crippen molar-refractivity contribution in [1.29, 1.82) is 0 Å². The van der Waals surface area contributed by atoms with Crippen LogP contribution in [0.4, 0.5) is 21.5 Å². The second-order valence-electron chi connectivity index (χ2n) is 4.81. The number of para-hydroxylation sites is 2. The van der Waals surface area contributed by atoms with Crippen LogP contribution >= 0.6 is 0 Å². The Hall–Kier alpha value is -2.63. The van der Waals surface area contributed by atoms with Gasteiger partial charge in [-0.1, -0.05) is 18.2 Å². The van der Waals surface area contributed by atoms with Crippen LogP contribution in [0.2, 0.25) is 0 Å². The number of nitro groups is 1. The van der Waals surface area contributed by atoms with Gasteiger partial charge in [-0.25, -0.2) is 0 Å². The van der Waals surface area contributed by atoms with E-state index in [0.29, 0.717) is 12.1 Å². The molecule has 0 spiro atoms. The zero-order chi connectivity index (χ0) is 15.4. The lowest BCUT2D eigenvalue weighted by atomic mass is 10.2. The molecule has 2 rings (SSSR count). The van der Waals surface area contributed by atoms with Gasteiger partial charge in [-0.3, -0.25) is 10.1 Å². The van der Waals surface area contributed by atoms with Gasteiger partial charge in [0.2, 0.25) is 5.82 Å². The molecule has 6 heteroatoms. The van der Waals surface area contributed by atoms with Crippen LogP contribution in [0.1, 0.15) is 5.56 Å². The molecule has 2 aromatic carbocycles. The average molecular weight is 289 g/mol.